The lowest BCUT2D eigenvalue weighted by Gasteiger charge is -2.21. The summed E-state index contributed by atoms with van der Waals surface area (Å²) in [7, 11) is 0. The van der Waals surface area contributed by atoms with Crippen molar-refractivity contribution in [1.82, 2.24) is 0 Å². The van der Waals surface area contributed by atoms with Crippen molar-refractivity contribution in [1.29, 1.82) is 0 Å². The molecule has 110 valence electrons. The molecule has 1 aromatic carbocycles. The molecule has 0 saturated carbocycles. The Morgan fingerprint density at radius 1 is 1.00 bits per heavy atom. The van der Waals surface area contributed by atoms with Crippen molar-refractivity contribution in [3.05, 3.63) is 35.9 Å². The summed E-state index contributed by atoms with van der Waals surface area (Å²) in [5, 5.41) is 0. The molecule has 1 aliphatic rings. The van der Waals surface area contributed by atoms with Gasteiger partial charge in [0, 0.05) is 0 Å². The fourth-order valence-electron chi connectivity index (χ4n) is 2.42. The Kier molecular flexibility index (Phi) is 11.0. The number of hydrogen-bond acceptors (Lipinski definition) is 0. The molecule has 0 radical (unpaired) electrons. The van der Waals surface area contributed by atoms with Crippen LogP contribution >= 0.6 is 0 Å². The van der Waals surface area contributed by atoms with Gasteiger partial charge in [-0.2, -0.15) is 0 Å². The standard InChI is InChI=1S/C10H14.C7H15N.ClH/c1-3-9(2)10-7-5-4-6-8-10;1-2-8-6-4-3-5-7-8;/h4-9H,3H2,1-2H3;2-7H2,1H3;1H. The van der Waals surface area contributed by atoms with Crippen LogP contribution in [0.25, 0.3) is 0 Å². The van der Waals surface area contributed by atoms with Crippen molar-refractivity contribution in [2.75, 3.05) is 19.6 Å². The van der Waals surface area contributed by atoms with Gasteiger partial charge in [0.2, 0.25) is 0 Å². The quantitative estimate of drug-likeness (QED) is 0.813. The lowest BCUT2D eigenvalue weighted by atomic mass is 9.99. The Balaban J connectivity index is 0.000000331. The maximum Gasteiger partial charge on any atom is 0.0770 e. The number of halogens is 1. The van der Waals surface area contributed by atoms with Crippen LogP contribution in [0.15, 0.2) is 30.3 Å². The zero-order valence-electron chi connectivity index (χ0n) is 12.8. The smallest absolute Gasteiger partial charge is 0.0770 e. The average Bonchev–Trinajstić information content (AvgIpc) is 2.49. The molecule has 0 spiro atoms. The number of nitrogens with one attached hydrogen (secondary N) is 1. The third-order valence-corrected chi connectivity index (χ3v) is 4.04. The van der Waals surface area contributed by atoms with Crippen LogP contribution in [0.4, 0.5) is 0 Å². The SMILES string of the molecule is CCC(C)c1ccccc1.CC[NH+]1CCCCC1.[Cl-]. The van der Waals surface area contributed by atoms with Crippen LogP contribution in [0.5, 0.6) is 0 Å². The fourth-order valence-corrected chi connectivity index (χ4v) is 2.42. The summed E-state index contributed by atoms with van der Waals surface area (Å²) in [6, 6.07) is 10.6. The monoisotopic (exact) mass is 283 g/mol. The van der Waals surface area contributed by atoms with E-state index in [1.807, 2.05) is 0 Å². The van der Waals surface area contributed by atoms with Gasteiger partial charge in [-0.15, -0.1) is 0 Å². The Labute approximate surface area is 125 Å². The van der Waals surface area contributed by atoms with Crippen molar-refractivity contribution in [3.8, 4) is 0 Å². The molecule has 0 aromatic heterocycles. The Morgan fingerprint density at radius 2 is 1.58 bits per heavy atom. The van der Waals surface area contributed by atoms with E-state index in [0.717, 1.165) is 0 Å². The van der Waals surface area contributed by atoms with E-state index in [1.165, 1.54) is 50.9 Å². The second-order valence-electron chi connectivity index (χ2n) is 5.38. The molecule has 2 heteroatoms. The third-order valence-electron chi connectivity index (χ3n) is 4.04. The van der Waals surface area contributed by atoms with E-state index in [2.05, 4.69) is 51.1 Å². The molecule has 1 nitrogen and oxygen atoms in total. The molecule has 1 fully saturated rings. The Hall–Kier alpha value is -0.530. The number of rotatable bonds is 3. The van der Waals surface area contributed by atoms with Crippen LogP contribution in [-0.4, -0.2) is 19.6 Å². The van der Waals surface area contributed by atoms with Gasteiger partial charge < -0.3 is 17.3 Å². The number of piperidine rings is 1. The second kappa shape index (κ2) is 11.3. The summed E-state index contributed by atoms with van der Waals surface area (Å²) in [5.41, 5.74) is 1.45. The van der Waals surface area contributed by atoms with Gasteiger partial charge in [0.05, 0.1) is 19.6 Å². The summed E-state index contributed by atoms with van der Waals surface area (Å²) in [5.74, 6) is 0.709. The van der Waals surface area contributed by atoms with Crippen molar-refractivity contribution in [2.45, 2.75) is 52.4 Å². The van der Waals surface area contributed by atoms with Gasteiger partial charge in [-0.25, -0.2) is 0 Å². The van der Waals surface area contributed by atoms with Crippen molar-refractivity contribution in [2.24, 2.45) is 0 Å². The highest BCUT2D eigenvalue weighted by Crippen LogP contribution is 2.16. The minimum atomic E-state index is 0. The van der Waals surface area contributed by atoms with Crippen LogP contribution in [0.3, 0.4) is 0 Å². The third kappa shape index (κ3) is 7.59. The first-order chi connectivity index (χ1) is 8.77. The predicted molar refractivity (Wildman–Crippen MR) is 80.2 cm³/mol. The van der Waals surface area contributed by atoms with E-state index < -0.39 is 0 Å². The zero-order chi connectivity index (χ0) is 13.2. The summed E-state index contributed by atoms with van der Waals surface area (Å²) < 4.78 is 0. The molecule has 1 aliphatic heterocycles. The number of quaternary nitrogens is 1. The van der Waals surface area contributed by atoms with Gasteiger partial charge in [-0.1, -0.05) is 44.2 Å². The van der Waals surface area contributed by atoms with E-state index in [9.17, 15) is 0 Å². The normalized spacial score (nSPS) is 16.8. The maximum absolute atomic E-state index is 2.28. The first kappa shape index (κ1) is 18.5. The molecule has 0 amide bonds. The van der Waals surface area contributed by atoms with Crippen molar-refractivity contribution >= 4 is 0 Å². The summed E-state index contributed by atoms with van der Waals surface area (Å²) >= 11 is 0. The van der Waals surface area contributed by atoms with Crippen molar-refractivity contribution < 1.29 is 17.3 Å². The van der Waals surface area contributed by atoms with E-state index in [0.29, 0.717) is 5.92 Å². The summed E-state index contributed by atoms with van der Waals surface area (Å²) in [6.07, 6.45) is 5.62. The molecule has 1 heterocycles. The topological polar surface area (TPSA) is 4.44 Å². The summed E-state index contributed by atoms with van der Waals surface area (Å²) in [6.45, 7) is 10.9. The zero-order valence-corrected chi connectivity index (χ0v) is 13.5. The molecule has 0 aliphatic carbocycles. The van der Waals surface area contributed by atoms with Crippen LogP contribution in [0.1, 0.15) is 57.9 Å². The molecule has 2 rings (SSSR count). The number of benzene rings is 1. The van der Waals surface area contributed by atoms with Gasteiger partial charge >= 0.3 is 0 Å². The molecule has 1 N–H and O–H groups in total. The predicted octanol–water partition coefficient (Wildman–Crippen LogP) is 0.279. The van der Waals surface area contributed by atoms with Gasteiger partial charge in [-0.3, -0.25) is 0 Å². The molecule has 1 aromatic rings. The first-order valence-corrected chi connectivity index (χ1v) is 7.66. The van der Waals surface area contributed by atoms with Gasteiger partial charge in [0.15, 0.2) is 0 Å². The average molecular weight is 284 g/mol. The molecular weight excluding hydrogens is 254 g/mol. The van der Waals surface area contributed by atoms with Gasteiger partial charge in [0.1, 0.15) is 0 Å². The number of hydrogen-bond donors (Lipinski definition) is 1. The van der Waals surface area contributed by atoms with Crippen LogP contribution in [-0.2, 0) is 0 Å². The van der Waals surface area contributed by atoms with Crippen molar-refractivity contribution in [3.63, 3.8) is 0 Å². The van der Waals surface area contributed by atoms with Crippen LogP contribution < -0.4 is 17.3 Å². The van der Waals surface area contributed by atoms with E-state index in [4.69, 9.17) is 0 Å². The Morgan fingerprint density at radius 3 is 2.00 bits per heavy atom. The molecule has 1 atom stereocenters. The Bertz CT molecular complexity index is 293. The fraction of sp³-hybridized carbons (Fsp3) is 0.647. The van der Waals surface area contributed by atoms with Gasteiger partial charge in [0.25, 0.3) is 0 Å². The van der Waals surface area contributed by atoms with E-state index >= 15 is 0 Å². The van der Waals surface area contributed by atoms with Crippen LogP contribution in [0.2, 0.25) is 0 Å². The second-order valence-corrected chi connectivity index (χ2v) is 5.38. The van der Waals surface area contributed by atoms with E-state index in [1.54, 1.807) is 4.90 Å². The molecule has 19 heavy (non-hydrogen) atoms. The van der Waals surface area contributed by atoms with E-state index in [-0.39, 0.29) is 12.4 Å². The molecular formula is C17H30ClN. The lowest BCUT2D eigenvalue weighted by molar-refractivity contribution is -0.903. The van der Waals surface area contributed by atoms with Crippen LogP contribution in [0, 0.1) is 0 Å². The molecule has 0 bridgehead atoms. The highest BCUT2D eigenvalue weighted by Gasteiger charge is 2.09. The molecule has 1 saturated heterocycles. The minimum Gasteiger partial charge on any atom is -1.00 e. The molecule has 1 unspecified atom stereocenters. The highest BCUT2D eigenvalue weighted by molar-refractivity contribution is 5.18. The van der Waals surface area contributed by atoms with Gasteiger partial charge in [-0.05, 0) is 44.1 Å². The minimum absolute atomic E-state index is 0. The largest absolute Gasteiger partial charge is 1.00 e. The number of likely N-dealkylation sites (tertiary alicyclic amines) is 1. The maximum atomic E-state index is 2.28. The highest BCUT2D eigenvalue weighted by atomic mass is 35.5. The first-order valence-electron chi connectivity index (χ1n) is 7.66. The summed E-state index contributed by atoms with van der Waals surface area (Å²) in [4.78, 5) is 1.80. The lowest BCUT2D eigenvalue weighted by Crippen LogP contribution is -3.12.